The van der Waals surface area contributed by atoms with Gasteiger partial charge in [-0.05, 0) is 29.7 Å². The third-order valence-electron chi connectivity index (χ3n) is 2.93. The number of rotatable bonds is 4. The molecular weight excluding hydrogens is 254 g/mol. The van der Waals surface area contributed by atoms with Crippen molar-refractivity contribution < 1.29 is 14.6 Å². The van der Waals surface area contributed by atoms with Crippen LogP contribution in [0.1, 0.15) is 12.5 Å². The van der Waals surface area contributed by atoms with E-state index in [2.05, 4.69) is 5.32 Å². The molecule has 1 aromatic carbocycles. The Morgan fingerprint density at radius 1 is 1.67 bits per heavy atom. The molecule has 4 nitrogen and oxygen atoms in total. The quantitative estimate of drug-likeness (QED) is 0.868. The first kappa shape index (κ1) is 13.2. The zero-order valence-electron chi connectivity index (χ0n) is 10.1. The van der Waals surface area contributed by atoms with Crippen LogP contribution in [-0.4, -0.2) is 30.3 Å². The molecule has 2 atom stereocenters. The van der Waals surface area contributed by atoms with Crippen LogP contribution in [0.25, 0.3) is 0 Å². The Morgan fingerprint density at radius 3 is 3.17 bits per heavy atom. The molecular formula is C13H16ClNO3. The summed E-state index contributed by atoms with van der Waals surface area (Å²) in [6.45, 7) is 2.37. The van der Waals surface area contributed by atoms with Gasteiger partial charge in [0.1, 0.15) is 5.75 Å². The smallest absolute Gasteiger partial charge is 0.261 e. The largest absolute Gasteiger partial charge is 0.480 e. The number of halogens is 1. The van der Waals surface area contributed by atoms with Crippen molar-refractivity contribution in [1.29, 1.82) is 0 Å². The second-order valence-corrected chi connectivity index (χ2v) is 5.03. The highest BCUT2D eigenvalue weighted by Gasteiger charge is 2.29. The predicted molar refractivity (Wildman–Crippen MR) is 68.8 cm³/mol. The monoisotopic (exact) mass is 269 g/mol. The molecule has 5 heteroatoms. The molecule has 0 spiro atoms. The average Bonchev–Trinajstić information content (AvgIpc) is 2.78. The number of amides is 1. The number of ether oxygens (including phenoxy) is 1. The minimum absolute atomic E-state index is 0.0483. The number of carbonyl (C=O) groups excluding carboxylic acids is 1. The molecule has 1 aliphatic rings. The molecule has 0 saturated carbocycles. The lowest BCUT2D eigenvalue weighted by Gasteiger charge is -2.13. The highest BCUT2D eigenvalue weighted by atomic mass is 35.5. The van der Waals surface area contributed by atoms with E-state index in [-0.39, 0.29) is 18.4 Å². The lowest BCUT2D eigenvalue weighted by Crippen LogP contribution is -2.39. The van der Waals surface area contributed by atoms with Crippen LogP contribution in [0.3, 0.4) is 0 Å². The van der Waals surface area contributed by atoms with Crippen molar-refractivity contribution in [2.45, 2.75) is 19.4 Å². The Kier molecular flexibility index (Phi) is 4.09. The lowest BCUT2D eigenvalue weighted by molar-refractivity contribution is -0.127. The summed E-state index contributed by atoms with van der Waals surface area (Å²) in [7, 11) is 0. The minimum Gasteiger partial charge on any atom is -0.480 e. The second kappa shape index (κ2) is 5.59. The van der Waals surface area contributed by atoms with Gasteiger partial charge in [-0.2, -0.15) is 0 Å². The van der Waals surface area contributed by atoms with E-state index in [1.54, 1.807) is 12.1 Å². The van der Waals surface area contributed by atoms with E-state index in [0.29, 0.717) is 18.0 Å². The van der Waals surface area contributed by atoms with Gasteiger partial charge in [-0.1, -0.05) is 18.5 Å². The molecule has 2 N–H and O–H groups in total. The van der Waals surface area contributed by atoms with E-state index >= 15 is 0 Å². The van der Waals surface area contributed by atoms with Gasteiger partial charge in [0.2, 0.25) is 0 Å². The van der Waals surface area contributed by atoms with Crippen LogP contribution < -0.4 is 10.1 Å². The number of fused-ring (bicyclic) bond motifs is 1. The lowest BCUT2D eigenvalue weighted by atomic mass is 10.1. The fourth-order valence-electron chi connectivity index (χ4n) is 1.82. The summed E-state index contributed by atoms with van der Waals surface area (Å²) < 4.78 is 5.56. The number of hydrogen-bond donors (Lipinski definition) is 2. The van der Waals surface area contributed by atoms with Crippen molar-refractivity contribution in [3.8, 4) is 5.75 Å². The fourth-order valence-corrected chi connectivity index (χ4v) is 2.01. The van der Waals surface area contributed by atoms with E-state index in [4.69, 9.17) is 21.4 Å². The number of benzene rings is 1. The maximum atomic E-state index is 11.9. The summed E-state index contributed by atoms with van der Waals surface area (Å²) in [5.74, 6) is 0.615. The van der Waals surface area contributed by atoms with Crippen LogP contribution in [-0.2, 0) is 11.2 Å². The first-order valence-corrected chi connectivity index (χ1v) is 6.31. The Morgan fingerprint density at radius 2 is 2.44 bits per heavy atom. The van der Waals surface area contributed by atoms with Gasteiger partial charge in [0.05, 0.1) is 0 Å². The normalized spacial score (nSPS) is 18.9. The van der Waals surface area contributed by atoms with Gasteiger partial charge in [0.25, 0.3) is 5.91 Å². The standard InChI is InChI=1S/C13H16ClNO3/c1-8(7-16)6-15-13(17)12-5-9-4-10(14)2-3-11(9)18-12/h2-4,8,12,16H,5-7H2,1H3,(H,15,17). The van der Waals surface area contributed by atoms with E-state index in [1.807, 2.05) is 13.0 Å². The van der Waals surface area contributed by atoms with Crippen molar-refractivity contribution in [2.24, 2.45) is 5.92 Å². The third-order valence-corrected chi connectivity index (χ3v) is 3.16. The van der Waals surface area contributed by atoms with Gasteiger partial charge >= 0.3 is 0 Å². The molecule has 1 heterocycles. The van der Waals surface area contributed by atoms with Crippen LogP contribution in [0, 0.1) is 5.92 Å². The zero-order chi connectivity index (χ0) is 13.1. The van der Waals surface area contributed by atoms with Gasteiger partial charge in [-0.25, -0.2) is 0 Å². The molecule has 0 aromatic heterocycles. The van der Waals surface area contributed by atoms with Crippen LogP contribution in [0.5, 0.6) is 5.75 Å². The molecule has 0 bridgehead atoms. The Hall–Kier alpha value is -1.26. The molecule has 98 valence electrons. The highest BCUT2D eigenvalue weighted by molar-refractivity contribution is 6.30. The second-order valence-electron chi connectivity index (χ2n) is 4.60. The average molecular weight is 270 g/mol. The van der Waals surface area contributed by atoms with Crippen molar-refractivity contribution in [1.82, 2.24) is 5.32 Å². The molecule has 1 aliphatic heterocycles. The van der Waals surface area contributed by atoms with Crippen LogP contribution >= 0.6 is 11.6 Å². The van der Waals surface area contributed by atoms with Crippen molar-refractivity contribution >= 4 is 17.5 Å². The van der Waals surface area contributed by atoms with Crippen LogP contribution in [0.2, 0.25) is 5.02 Å². The van der Waals surface area contributed by atoms with Gasteiger partial charge in [0.15, 0.2) is 6.10 Å². The van der Waals surface area contributed by atoms with Gasteiger partial charge < -0.3 is 15.2 Å². The zero-order valence-corrected chi connectivity index (χ0v) is 10.9. The van der Waals surface area contributed by atoms with Crippen LogP contribution in [0.15, 0.2) is 18.2 Å². The number of aliphatic hydroxyl groups excluding tert-OH is 1. The molecule has 0 fully saturated rings. The van der Waals surface area contributed by atoms with Crippen molar-refractivity contribution in [3.05, 3.63) is 28.8 Å². The Balaban J connectivity index is 1.92. The predicted octanol–water partition coefficient (Wildman–Crippen LogP) is 1.39. The number of nitrogens with one attached hydrogen (secondary N) is 1. The van der Waals surface area contributed by atoms with E-state index in [0.717, 1.165) is 11.3 Å². The molecule has 2 unspecified atom stereocenters. The van der Waals surface area contributed by atoms with E-state index in [9.17, 15) is 4.79 Å². The maximum Gasteiger partial charge on any atom is 0.261 e. The summed E-state index contributed by atoms with van der Waals surface area (Å²) in [5, 5.41) is 12.3. The number of aliphatic hydroxyl groups is 1. The molecule has 1 amide bonds. The summed E-state index contributed by atoms with van der Waals surface area (Å²) in [6.07, 6.45) is 0.0410. The Bertz CT molecular complexity index is 450. The van der Waals surface area contributed by atoms with Gasteiger partial charge in [-0.15, -0.1) is 0 Å². The van der Waals surface area contributed by atoms with Crippen molar-refractivity contribution in [2.75, 3.05) is 13.2 Å². The molecule has 0 radical (unpaired) electrons. The fraction of sp³-hybridized carbons (Fsp3) is 0.462. The maximum absolute atomic E-state index is 11.9. The molecule has 0 aliphatic carbocycles. The minimum atomic E-state index is -0.496. The SMILES string of the molecule is CC(CO)CNC(=O)C1Cc2cc(Cl)ccc2O1. The topological polar surface area (TPSA) is 58.6 Å². The summed E-state index contributed by atoms with van der Waals surface area (Å²) in [4.78, 5) is 11.9. The highest BCUT2D eigenvalue weighted by Crippen LogP contribution is 2.31. The number of hydrogen-bond acceptors (Lipinski definition) is 3. The van der Waals surface area contributed by atoms with Gasteiger partial charge in [-0.3, -0.25) is 4.79 Å². The first-order valence-electron chi connectivity index (χ1n) is 5.94. The first-order chi connectivity index (χ1) is 8.60. The summed E-state index contributed by atoms with van der Waals surface area (Å²) >= 11 is 5.89. The summed E-state index contributed by atoms with van der Waals surface area (Å²) in [5.41, 5.74) is 0.956. The van der Waals surface area contributed by atoms with Crippen molar-refractivity contribution in [3.63, 3.8) is 0 Å². The third kappa shape index (κ3) is 2.94. The Labute approximate surface area is 111 Å². The molecule has 1 aromatic rings. The van der Waals surface area contributed by atoms with Crippen LogP contribution in [0.4, 0.5) is 0 Å². The summed E-state index contributed by atoms with van der Waals surface area (Å²) in [6, 6.07) is 5.34. The van der Waals surface area contributed by atoms with E-state index < -0.39 is 6.10 Å². The molecule has 18 heavy (non-hydrogen) atoms. The molecule has 2 rings (SSSR count). The van der Waals surface area contributed by atoms with E-state index in [1.165, 1.54) is 0 Å². The number of carbonyl (C=O) groups is 1. The van der Waals surface area contributed by atoms with Gasteiger partial charge in [0, 0.05) is 24.6 Å². The molecule has 0 saturated heterocycles.